The highest BCUT2D eigenvalue weighted by Gasteiger charge is 2.16. The van der Waals surface area contributed by atoms with Crippen molar-refractivity contribution in [2.45, 2.75) is 13.3 Å². The van der Waals surface area contributed by atoms with E-state index in [2.05, 4.69) is 42.5 Å². The topological polar surface area (TPSA) is 67.4 Å². The molecule has 0 saturated heterocycles. The number of carbonyl (C=O) groups is 2. The molecule has 5 nitrogen and oxygen atoms in total. The second kappa shape index (κ2) is 8.30. The van der Waals surface area contributed by atoms with Crippen molar-refractivity contribution < 1.29 is 14.3 Å². The van der Waals surface area contributed by atoms with Gasteiger partial charge in [-0.3, -0.25) is 9.59 Å². The minimum atomic E-state index is -0.292. The van der Waals surface area contributed by atoms with E-state index >= 15 is 0 Å². The van der Waals surface area contributed by atoms with Crippen molar-refractivity contribution in [1.29, 1.82) is 0 Å². The molecule has 2 aromatic carbocycles. The zero-order valence-electron chi connectivity index (χ0n) is 13.2. The van der Waals surface area contributed by atoms with Crippen molar-refractivity contribution in [2.75, 3.05) is 17.7 Å². The fraction of sp³-hybridized carbons (Fsp3) is 0.176. The van der Waals surface area contributed by atoms with Crippen molar-refractivity contribution in [3.05, 3.63) is 50.9 Å². The number of hydrogen-bond donors (Lipinski definition) is 2. The normalized spacial score (nSPS) is 10.2. The Labute approximate surface area is 157 Å². The highest BCUT2D eigenvalue weighted by molar-refractivity contribution is 9.11. The van der Waals surface area contributed by atoms with Crippen LogP contribution < -0.4 is 15.4 Å². The Morgan fingerprint density at radius 1 is 1.04 bits per heavy atom. The number of carbonyl (C=O) groups excluding carboxylic acids is 2. The third-order valence-corrected chi connectivity index (χ3v) is 4.25. The zero-order chi connectivity index (χ0) is 17.7. The largest absolute Gasteiger partial charge is 0.495 e. The second-order valence-electron chi connectivity index (χ2n) is 4.90. The molecular weight excluding hydrogens is 440 g/mol. The van der Waals surface area contributed by atoms with Crippen LogP contribution in [0, 0.1) is 0 Å². The van der Waals surface area contributed by atoms with Gasteiger partial charge in [0.1, 0.15) is 5.75 Å². The van der Waals surface area contributed by atoms with Crippen LogP contribution >= 0.6 is 31.9 Å². The molecular formula is C17H16Br2N2O3. The van der Waals surface area contributed by atoms with E-state index < -0.39 is 0 Å². The summed E-state index contributed by atoms with van der Waals surface area (Å²) in [5, 5.41) is 5.56. The van der Waals surface area contributed by atoms with Gasteiger partial charge in [-0.15, -0.1) is 0 Å². The number of hydrogen-bond acceptors (Lipinski definition) is 3. The summed E-state index contributed by atoms with van der Waals surface area (Å²) in [5.74, 6) is 0.109. The van der Waals surface area contributed by atoms with Crippen LogP contribution in [0.4, 0.5) is 11.4 Å². The predicted molar refractivity (Wildman–Crippen MR) is 102 cm³/mol. The lowest BCUT2D eigenvalue weighted by Crippen LogP contribution is -2.14. The van der Waals surface area contributed by atoms with E-state index in [1.54, 1.807) is 43.3 Å². The minimum Gasteiger partial charge on any atom is -0.495 e. The summed E-state index contributed by atoms with van der Waals surface area (Å²) in [7, 11) is 1.51. The number of methoxy groups -OCH3 is 1. The molecule has 2 N–H and O–H groups in total. The molecule has 2 rings (SSSR count). The first-order chi connectivity index (χ1) is 11.4. The maximum absolute atomic E-state index is 12.5. The SMILES string of the molecule is CCC(=O)Nc1ccc(NC(=O)c2cc(Br)cc(Br)c2OC)cc1. The van der Waals surface area contributed by atoms with Gasteiger partial charge in [0.25, 0.3) is 5.91 Å². The van der Waals surface area contributed by atoms with E-state index in [4.69, 9.17) is 4.74 Å². The van der Waals surface area contributed by atoms with E-state index in [1.165, 1.54) is 7.11 Å². The van der Waals surface area contributed by atoms with Crippen molar-refractivity contribution in [3.63, 3.8) is 0 Å². The molecule has 0 spiro atoms. The van der Waals surface area contributed by atoms with E-state index in [9.17, 15) is 9.59 Å². The van der Waals surface area contributed by atoms with E-state index in [0.717, 1.165) is 4.47 Å². The summed E-state index contributed by atoms with van der Waals surface area (Å²) in [4.78, 5) is 23.9. The lowest BCUT2D eigenvalue weighted by molar-refractivity contribution is -0.115. The minimum absolute atomic E-state index is 0.0597. The molecule has 0 saturated carbocycles. The first-order valence-electron chi connectivity index (χ1n) is 7.19. The van der Waals surface area contributed by atoms with Gasteiger partial charge in [0.2, 0.25) is 5.91 Å². The van der Waals surface area contributed by atoms with Crippen LogP contribution in [0.1, 0.15) is 23.7 Å². The Morgan fingerprint density at radius 3 is 2.17 bits per heavy atom. The summed E-state index contributed by atoms with van der Waals surface area (Å²) in [6.07, 6.45) is 0.413. The summed E-state index contributed by atoms with van der Waals surface area (Å²) in [5.41, 5.74) is 1.71. The van der Waals surface area contributed by atoms with Gasteiger partial charge in [0.05, 0.1) is 17.1 Å². The Morgan fingerprint density at radius 2 is 1.62 bits per heavy atom. The van der Waals surface area contributed by atoms with E-state index in [0.29, 0.717) is 33.6 Å². The Bertz CT molecular complexity index is 761. The van der Waals surface area contributed by atoms with Crippen LogP contribution in [0.5, 0.6) is 5.75 Å². The van der Waals surface area contributed by atoms with Crippen LogP contribution in [0.25, 0.3) is 0 Å². The van der Waals surface area contributed by atoms with Crippen molar-refractivity contribution in [3.8, 4) is 5.75 Å². The molecule has 0 heterocycles. The molecule has 126 valence electrons. The van der Waals surface area contributed by atoms with Gasteiger partial charge in [-0.2, -0.15) is 0 Å². The van der Waals surface area contributed by atoms with Crippen LogP contribution in [0.2, 0.25) is 0 Å². The fourth-order valence-electron chi connectivity index (χ4n) is 2.02. The van der Waals surface area contributed by atoms with Gasteiger partial charge in [-0.05, 0) is 52.3 Å². The third kappa shape index (κ3) is 4.58. The van der Waals surface area contributed by atoms with Gasteiger partial charge >= 0.3 is 0 Å². The van der Waals surface area contributed by atoms with Gasteiger partial charge in [-0.1, -0.05) is 22.9 Å². The number of anilines is 2. The average Bonchev–Trinajstić information content (AvgIpc) is 2.55. The van der Waals surface area contributed by atoms with Gasteiger partial charge in [0.15, 0.2) is 0 Å². The lowest BCUT2D eigenvalue weighted by atomic mass is 10.1. The quantitative estimate of drug-likeness (QED) is 0.678. The first kappa shape index (κ1) is 18.5. The molecule has 0 aliphatic carbocycles. The molecule has 2 aromatic rings. The zero-order valence-corrected chi connectivity index (χ0v) is 16.3. The molecule has 0 unspecified atom stereocenters. The molecule has 0 aliphatic heterocycles. The van der Waals surface area contributed by atoms with Crippen molar-refractivity contribution in [2.24, 2.45) is 0 Å². The molecule has 0 radical (unpaired) electrons. The maximum atomic E-state index is 12.5. The monoisotopic (exact) mass is 454 g/mol. The van der Waals surface area contributed by atoms with Crippen LogP contribution in [-0.2, 0) is 4.79 Å². The Kier molecular flexibility index (Phi) is 6.39. The highest BCUT2D eigenvalue weighted by atomic mass is 79.9. The number of amides is 2. The number of ether oxygens (including phenoxy) is 1. The molecule has 0 bridgehead atoms. The Hall–Kier alpha value is -1.86. The number of nitrogens with one attached hydrogen (secondary N) is 2. The standard InChI is InChI=1S/C17H16Br2N2O3/c1-3-15(22)20-11-4-6-12(7-5-11)21-17(23)13-8-10(18)9-14(19)16(13)24-2/h4-9H,3H2,1-2H3,(H,20,22)(H,21,23). The summed E-state index contributed by atoms with van der Waals surface area (Å²) < 4.78 is 6.73. The Balaban J connectivity index is 2.17. The number of halogens is 2. The average molecular weight is 456 g/mol. The summed E-state index contributed by atoms with van der Waals surface area (Å²) >= 11 is 6.74. The number of rotatable bonds is 5. The molecule has 0 aliphatic rings. The molecule has 0 fully saturated rings. The summed E-state index contributed by atoms with van der Waals surface area (Å²) in [6, 6.07) is 10.4. The van der Waals surface area contributed by atoms with Crippen molar-refractivity contribution in [1.82, 2.24) is 0 Å². The van der Waals surface area contributed by atoms with E-state index in [-0.39, 0.29) is 11.8 Å². The molecule has 24 heavy (non-hydrogen) atoms. The predicted octanol–water partition coefficient (Wildman–Crippen LogP) is 4.82. The molecule has 7 heteroatoms. The summed E-state index contributed by atoms with van der Waals surface area (Å²) in [6.45, 7) is 1.79. The van der Waals surface area contributed by atoms with E-state index in [1.807, 2.05) is 0 Å². The molecule has 0 atom stereocenters. The highest BCUT2D eigenvalue weighted by Crippen LogP contribution is 2.33. The van der Waals surface area contributed by atoms with Gasteiger partial charge < -0.3 is 15.4 Å². The van der Waals surface area contributed by atoms with Crippen LogP contribution in [0.3, 0.4) is 0 Å². The second-order valence-corrected chi connectivity index (χ2v) is 6.67. The lowest BCUT2D eigenvalue weighted by Gasteiger charge is -2.12. The van der Waals surface area contributed by atoms with Crippen molar-refractivity contribution >= 4 is 55.0 Å². The maximum Gasteiger partial charge on any atom is 0.259 e. The first-order valence-corrected chi connectivity index (χ1v) is 8.77. The fourth-order valence-corrected chi connectivity index (χ4v) is 3.41. The molecule has 2 amide bonds. The number of benzene rings is 2. The third-order valence-electron chi connectivity index (χ3n) is 3.20. The van der Waals surface area contributed by atoms with Gasteiger partial charge in [0, 0.05) is 22.3 Å². The van der Waals surface area contributed by atoms with Crippen LogP contribution in [0.15, 0.2) is 45.3 Å². The van der Waals surface area contributed by atoms with Crippen LogP contribution in [-0.4, -0.2) is 18.9 Å². The van der Waals surface area contributed by atoms with Gasteiger partial charge in [-0.25, -0.2) is 0 Å². The molecule has 0 aromatic heterocycles. The smallest absolute Gasteiger partial charge is 0.259 e.